The Morgan fingerprint density at radius 2 is 1.05 bits per heavy atom. The summed E-state index contributed by atoms with van der Waals surface area (Å²) in [5.74, 6) is 0. The fraction of sp³-hybridized carbons (Fsp3) is 1.00. The highest BCUT2D eigenvalue weighted by Crippen LogP contribution is 2.66. The third kappa shape index (κ3) is 10.1. The minimum absolute atomic E-state index is 0.262. The van der Waals surface area contributed by atoms with Crippen molar-refractivity contribution in [2.24, 2.45) is 0 Å². The van der Waals surface area contributed by atoms with Gasteiger partial charge in [-0.2, -0.15) is 0 Å². The van der Waals surface area contributed by atoms with Crippen LogP contribution in [-0.2, 0) is 38.8 Å². The molecule has 0 saturated carbocycles. The quantitative estimate of drug-likeness (QED) is 0.401. The Hall–Kier alpha value is 0.680. The number of phosphoric ester groups is 1. The van der Waals surface area contributed by atoms with Crippen molar-refractivity contribution in [3.63, 3.8) is 0 Å². The topological polar surface area (TPSA) is 63.2 Å². The number of hydrogen-bond donors (Lipinski definition) is 0. The van der Waals surface area contributed by atoms with Gasteiger partial charge in [-0.1, -0.05) is 27.7 Å². The number of hydrogen-bond acceptors (Lipinski definition) is 7. The van der Waals surface area contributed by atoms with E-state index in [4.69, 9.17) is 34.2 Å². The number of phosphoric acid groups is 1. The third-order valence-electron chi connectivity index (χ3n) is 2.01. The average molecular weight is 362 g/mol. The highest BCUT2D eigenvalue weighted by atomic mass is 32.5. The molecule has 0 spiro atoms. The molecule has 0 rings (SSSR count). The van der Waals surface area contributed by atoms with Crippen LogP contribution in [0.25, 0.3) is 0 Å². The molecule has 0 aromatic rings. The second-order valence-corrected chi connectivity index (χ2v) is 9.13. The zero-order valence-corrected chi connectivity index (χ0v) is 16.0. The van der Waals surface area contributed by atoms with Crippen LogP contribution < -0.4 is 0 Å². The molecule has 0 aliphatic heterocycles. The van der Waals surface area contributed by atoms with Gasteiger partial charge in [-0.25, -0.2) is 8.88 Å². The molecule has 0 fully saturated rings. The summed E-state index contributed by atoms with van der Waals surface area (Å²) in [7, 11) is -3.76. The normalized spacial score (nSPS) is 12.8. The van der Waals surface area contributed by atoms with Crippen LogP contribution in [0.5, 0.6) is 0 Å². The summed E-state index contributed by atoms with van der Waals surface area (Å²) >= 11 is 5.29. The molecule has 0 amide bonds. The van der Waals surface area contributed by atoms with Gasteiger partial charge in [0.2, 0.25) is 0 Å². The van der Waals surface area contributed by atoms with Crippen molar-refractivity contribution >= 4 is 26.3 Å². The molecule has 9 heteroatoms. The third-order valence-corrected chi connectivity index (χ3v) is 6.84. The fourth-order valence-electron chi connectivity index (χ4n) is 1.10. The van der Waals surface area contributed by atoms with Crippen LogP contribution in [0.3, 0.4) is 0 Å². The smallest absolute Gasteiger partial charge is 0.308 e. The van der Waals surface area contributed by atoms with Crippen LogP contribution in [0.2, 0.25) is 0 Å². The van der Waals surface area contributed by atoms with E-state index in [9.17, 15) is 4.57 Å². The van der Waals surface area contributed by atoms with E-state index in [1.54, 1.807) is 0 Å². The first-order valence-corrected chi connectivity index (χ1v) is 11.5. The van der Waals surface area contributed by atoms with Crippen LogP contribution in [0.1, 0.15) is 53.4 Å². The Balaban J connectivity index is 4.90. The molecule has 0 unspecified atom stereocenters. The van der Waals surface area contributed by atoms with E-state index < -0.39 is 14.5 Å². The zero-order valence-electron chi connectivity index (χ0n) is 13.4. The predicted molar refractivity (Wildman–Crippen MR) is 87.9 cm³/mol. The predicted octanol–water partition coefficient (Wildman–Crippen LogP) is 5.04. The first-order chi connectivity index (χ1) is 9.95. The first kappa shape index (κ1) is 21.7. The lowest BCUT2D eigenvalue weighted by atomic mass is 10.5. The summed E-state index contributed by atoms with van der Waals surface area (Å²) in [6.07, 6.45) is 2.90. The summed E-state index contributed by atoms with van der Waals surface area (Å²) in [6.45, 7) is 5.84. The average Bonchev–Trinajstić information content (AvgIpc) is 2.47. The van der Waals surface area contributed by atoms with Crippen molar-refractivity contribution < 1.29 is 27.0 Å². The second-order valence-electron chi connectivity index (χ2n) is 4.31. The lowest BCUT2D eigenvalue weighted by molar-refractivity contribution is 0.131. The summed E-state index contributed by atoms with van der Waals surface area (Å²) < 4.78 is 39.5. The van der Waals surface area contributed by atoms with E-state index >= 15 is 0 Å². The maximum Gasteiger partial charge on any atom is 0.482 e. The van der Waals surface area contributed by atoms with E-state index in [1.807, 2.05) is 27.7 Å². The van der Waals surface area contributed by atoms with Crippen molar-refractivity contribution in [1.29, 1.82) is 0 Å². The van der Waals surface area contributed by atoms with Crippen LogP contribution in [0, 0.1) is 0 Å². The van der Waals surface area contributed by atoms with Gasteiger partial charge in [0.1, 0.15) is 0 Å². The minimum atomic E-state index is -3.76. The molecule has 21 heavy (non-hydrogen) atoms. The maximum absolute atomic E-state index is 12.6. The van der Waals surface area contributed by atoms with E-state index in [0.717, 1.165) is 12.8 Å². The highest BCUT2D eigenvalue weighted by Gasteiger charge is 2.36. The van der Waals surface area contributed by atoms with E-state index in [1.165, 1.54) is 0 Å². The molecule has 0 heterocycles. The molecule has 0 aromatic heterocycles. The van der Waals surface area contributed by atoms with Crippen molar-refractivity contribution in [2.45, 2.75) is 53.4 Å². The molecule has 0 atom stereocenters. The van der Waals surface area contributed by atoms with Crippen LogP contribution in [-0.4, -0.2) is 26.4 Å². The van der Waals surface area contributed by atoms with Gasteiger partial charge in [-0.15, -0.1) is 0 Å². The van der Waals surface area contributed by atoms with Gasteiger partial charge < -0.3 is 9.05 Å². The largest absolute Gasteiger partial charge is 0.482 e. The first-order valence-electron chi connectivity index (χ1n) is 7.44. The minimum Gasteiger partial charge on any atom is -0.308 e. The Labute approximate surface area is 133 Å². The van der Waals surface area contributed by atoms with E-state index in [0.29, 0.717) is 26.1 Å². The van der Waals surface area contributed by atoms with E-state index in [-0.39, 0.29) is 13.2 Å². The second kappa shape index (κ2) is 12.1. The summed E-state index contributed by atoms with van der Waals surface area (Å²) in [5, 5.41) is 0. The molecule has 128 valence electrons. The lowest BCUT2D eigenvalue weighted by Crippen LogP contribution is -2.05. The molecular formula is C12H28O6P2S. The molecule has 0 aliphatic carbocycles. The maximum atomic E-state index is 12.6. The van der Waals surface area contributed by atoms with Gasteiger partial charge in [-0.05, 0) is 37.5 Å². The van der Waals surface area contributed by atoms with E-state index in [2.05, 4.69) is 0 Å². The Morgan fingerprint density at radius 3 is 1.38 bits per heavy atom. The molecule has 0 saturated heterocycles. The molecule has 0 aromatic carbocycles. The van der Waals surface area contributed by atoms with Gasteiger partial charge in [0.15, 0.2) is 0 Å². The zero-order chi connectivity index (χ0) is 16.2. The van der Waals surface area contributed by atoms with Gasteiger partial charge in [0.05, 0.1) is 26.4 Å². The number of rotatable bonds is 14. The molecule has 0 aliphatic rings. The van der Waals surface area contributed by atoms with Gasteiger partial charge in [0, 0.05) is 0 Å². The highest BCUT2D eigenvalue weighted by molar-refractivity contribution is 8.09. The Kier molecular flexibility index (Phi) is 12.5. The summed E-state index contributed by atoms with van der Waals surface area (Å²) in [5.41, 5.74) is 0. The summed E-state index contributed by atoms with van der Waals surface area (Å²) in [4.78, 5) is 0. The van der Waals surface area contributed by atoms with Gasteiger partial charge >= 0.3 is 14.5 Å². The Morgan fingerprint density at radius 1 is 0.714 bits per heavy atom. The molecule has 0 radical (unpaired) electrons. The van der Waals surface area contributed by atoms with Gasteiger partial charge in [0.25, 0.3) is 0 Å². The summed E-state index contributed by atoms with van der Waals surface area (Å²) in [6, 6.07) is 0. The molecule has 0 bridgehead atoms. The monoisotopic (exact) mass is 362 g/mol. The Bertz CT molecular complexity index is 297. The van der Waals surface area contributed by atoms with Crippen molar-refractivity contribution in [3.05, 3.63) is 0 Å². The molecule has 6 nitrogen and oxygen atoms in total. The van der Waals surface area contributed by atoms with Crippen molar-refractivity contribution in [3.8, 4) is 0 Å². The van der Waals surface area contributed by atoms with Gasteiger partial charge in [-0.3, -0.25) is 9.05 Å². The molecular weight excluding hydrogens is 334 g/mol. The lowest BCUT2D eigenvalue weighted by Gasteiger charge is -2.25. The fourth-order valence-corrected chi connectivity index (χ4v) is 5.79. The van der Waals surface area contributed by atoms with Crippen LogP contribution in [0.4, 0.5) is 0 Å². The van der Waals surface area contributed by atoms with Crippen LogP contribution >= 0.6 is 14.5 Å². The standard InChI is InChI=1S/C12H28O6P2S/c1-5-9-14-19(13,15-10-6-2)18-20(21,16-11-7-3)17-12-8-4/h5-12H2,1-4H3. The molecule has 0 N–H and O–H groups in total. The van der Waals surface area contributed by atoms with Crippen molar-refractivity contribution in [2.75, 3.05) is 26.4 Å². The van der Waals surface area contributed by atoms with Crippen molar-refractivity contribution in [1.82, 2.24) is 0 Å². The van der Waals surface area contributed by atoms with Crippen LogP contribution in [0.15, 0.2) is 0 Å². The SMILES string of the molecule is CCCOP(=O)(OCCC)OP(=S)(OCCC)OCCC.